The molecule has 0 atom stereocenters. The Labute approximate surface area is 147 Å². The number of hydrogen-bond donors (Lipinski definition) is 0. The maximum Gasteiger partial charge on any atom is 0.243 e. The summed E-state index contributed by atoms with van der Waals surface area (Å²) >= 11 is 1.62. The molecule has 2 rings (SSSR count). The summed E-state index contributed by atoms with van der Waals surface area (Å²) in [6.45, 7) is 2.86. The van der Waals surface area contributed by atoms with Gasteiger partial charge in [-0.3, -0.25) is 9.59 Å². The number of carbonyl (C=O) groups excluding carboxylic acids is 2. The predicted octanol–water partition coefficient (Wildman–Crippen LogP) is 1.48. The molecule has 1 aliphatic heterocycles. The van der Waals surface area contributed by atoms with Crippen molar-refractivity contribution in [3.63, 3.8) is 0 Å². The number of sulfonamides is 1. The first-order valence-corrected chi connectivity index (χ1v) is 10.6. The lowest BCUT2D eigenvalue weighted by atomic mass is 10.2. The first-order valence-electron chi connectivity index (χ1n) is 7.74. The minimum atomic E-state index is -3.59. The van der Waals surface area contributed by atoms with Gasteiger partial charge in [0.15, 0.2) is 5.78 Å². The third kappa shape index (κ3) is 4.37. The van der Waals surface area contributed by atoms with E-state index in [9.17, 15) is 18.0 Å². The van der Waals surface area contributed by atoms with Crippen LogP contribution in [0.1, 0.15) is 23.7 Å². The van der Waals surface area contributed by atoms with Crippen molar-refractivity contribution in [1.82, 2.24) is 9.21 Å². The standard InChI is InChI=1S/C16H22N2O4S2/c1-13(19)14-3-5-15(6-4-14)24(21,22)18-10-8-17(9-11-18)16(20)7-12-23-2/h3-6H,7-12H2,1-2H3. The van der Waals surface area contributed by atoms with Gasteiger partial charge < -0.3 is 4.90 Å². The summed E-state index contributed by atoms with van der Waals surface area (Å²) in [7, 11) is -3.59. The number of amides is 1. The molecule has 1 heterocycles. The van der Waals surface area contributed by atoms with Crippen LogP contribution in [0.15, 0.2) is 29.2 Å². The fourth-order valence-corrected chi connectivity index (χ4v) is 4.34. The SMILES string of the molecule is CSCCC(=O)N1CCN(S(=O)(=O)c2ccc(C(C)=O)cc2)CC1. The van der Waals surface area contributed by atoms with E-state index in [0.29, 0.717) is 38.2 Å². The first kappa shape index (κ1) is 19.0. The number of piperazine rings is 1. The maximum absolute atomic E-state index is 12.7. The van der Waals surface area contributed by atoms with Gasteiger partial charge in [-0.1, -0.05) is 12.1 Å². The van der Waals surface area contributed by atoms with Crippen LogP contribution in [0.2, 0.25) is 0 Å². The van der Waals surface area contributed by atoms with Gasteiger partial charge in [0.05, 0.1) is 4.90 Å². The third-order valence-corrected chi connectivity index (χ3v) is 6.54. The van der Waals surface area contributed by atoms with Crippen molar-refractivity contribution in [1.29, 1.82) is 0 Å². The molecule has 0 radical (unpaired) electrons. The van der Waals surface area contributed by atoms with Crippen LogP contribution >= 0.6 is 11.8 Å². The molecule has 0 aliphatic carbocycles. The number of ketones is 1. The number of benzene rings is 1. The average molecular weight is 370 g/mol. The number of rotatable bonds is 6. The van der Waals surface area contributed by atoms with Crippen LogP contribution in [0, 0.1) is 0 Å². The summed E-state index contributed by atoms with van der Waals surface area (Å²) in [5.74, 6) is 0.753. The molecule has 1 amide bonds. The molecular weight excluding hydrogens is 348 g/mol. The Hall–Kier alpha value is -1.38. The van der Waals surface area contributed by atoms with Crippen LogP contribution in [0.25, 0.3) is 0 Å². The van der Waals surface area contributed by atoms with E-state index in [1.807, 2.05) is 6.26 Å². The first-order chi connectivity index (χ1) is 11.4. The minimum Gasteiger partial charge on any atom is -0.340 e. The van der Waals surface area contributed by atoms with Gasteiger partial charge >= 0.3 is 0 Å². The molecule has 0 aromatic heterocycles. The Morgan fingerprint density at radius 3 is 2.17 bits per heavy atom. The average Bonchev–Trinajstić information content (AvgIpc) is 2.59. The Bertz CT molecular complexity index is 693. The molecule has 6 nitrogen and oxygen atoms in total. The Balaban J connectivity index is 2.02. The molecule has 0 saturated carbocycles. The molecule has 1 aliphatic rings. The normalized spacial score (nSPS) is 16.2. The molecular formula is C16H22N2O4S2. The third-order valence-electron chi connectivity index (χ3n) is 4.01. The topological polar surface area (TPSA) is 74.8 Å². The second-order valence-corrected chi connectivity index (χ2v) is 8.53. The number of hydrogen-bond acceptors (Lipinski definition) is 5. The van der Waals surface area contributed by atoms with Gasteiger partial charge in [-0.05, 0) is 25.3 Å². The van der Waals surface area contributed by atoms with Gasteiger partial charge in [-0.15, -0.1) is 0 Å². The van der Waals surface area contributed by atoms with Gasteiger partial charge in [0.25, 0.3) is 0 Å². The zero-order valence-corrected chi connectivity index (χ0v) is 15.5. The number of thioether (sulfide) groups is 1. The lowest BCUT2D eigenvalue weighted by molar-refractivity contribution is -0.131. The van der Waals surface area contributed by atoms with Crippen LogP contribution in [0.4, 0.5) is 0 Å². The largest absolute Gasteiger partial charge is 0.340 e. The highest BCUT2D eigenvalue weighted by Crippen LogP contribution is 2.19. The maximum atomic E-state index is 12.7. The summed E-state index contributed by atoms with van der Waals surface area (Å²) in [6.07, 6.45) is 2.44. The molecule has 0 bridgehead atoms. The fraction of sp³-hybridized carbons (Fsp3) is 0.500. The lowest BCUT2D eigenvalue weighted by Gasteiger charge is -2.34. The smallest absolute Gasteiger partial charge is 0.243 e. The summed E-state index contributed by atoms with van der Waals surface area (Å²) in [5.41, 5.74) is 0.484. The molecule has 0 spiro atoms. The van der Waals surface area contributed by atoms with Gasteiger partial charge in [0.2, 0.25) is 15.9 Å². The number of nitrogens with zero attached hydrogens (tertiary/aromatic N) is 2. The molecule has 0 unspecified atom stereocenters. The van der Waals surface area contributed by atoms with E-state index < -0.39 is 10.0 Å². The van der Waals surface area contributed by atoms with Gasteiger partial charge in [0, 0.05) is 43.9 Å². The Morgan fingerprint density at radius 1 is 1.08 bits per heavy atom. The second kappa shape index (κ2) is 8.13. The quantitative estimate of drug-likeness (QED) is 0.709. The number of carbonyl (C=O) groups is 2. The van der Waals surface area contributed by atoms with E-state index in [2.05, 4.69) is 0 Å². The van der Waals surface area contributed by atoms with Crippen LogP contribution in [-0.2, 0) is 14.8 Å². The molecule has 1 saturated heterocycles. The van der Waals surface area contributed by atoms with Gasteiger partial charge in [-0.25, -0.2) is 8.42 Å². The summed E-state index contributed by atoms with van der Waals surface area (Å²) in [4.78, 5) is 25.2. The molecule has 1 fully saturated rings. The van der Waals surface area contributed by atoms with Gasteiger partial charge in [-0.2, -0.15) is 16.1 Å². The van der Waals surface area contributed by atoms with Crippen LogP contribution in [0.5, 0.6) is 0 Å². The fourth-order valence-electron chi connectivity index (χ4n) is 2.54. The Morgan fingerprint density at radius 2 is 1.67 bits per heavy atom. The van der Waals surface area contributed by atoms with Gasteiger partial charge in [0.1, 0.15) is 0 Å². The Kier molecular flexibility index (Phi) is 6.42. The summed E-state index contributed by atoms with van der Waals surface area (Å²) < 4.78 is 26.7. The highest BCUT2D eigenvalue weighted by Gasteiger charge is 2.29. The molecule has 0 N–H and O–H groups in total. The zero-order valence-electron chi connectivity index (χ0n) is 13.9. The van der Waals surface area contributed by atoms with Crippen molar-refractivity contribution in [2.75, 3.05) is 38.2 Å². The molecule has 1 aromatic carbocycles. The van der Waals surface area contributed by atoms with Crippen molar-refractivity contribution in [2.45, 2.75) is 18.2 Å². The highest BCUT2D eigenvalue weighted by molar-refractivity contribution is 7.98. The van der Waals surface area contributed by atoms with Crippen LogP contribution < -0.4 is 0 Å². The van der Waals surface area contributed by atoms with E-state index in [-0.39, 0.29) is 16.6 Å². The van der Waals surface area contributed by atoms with Crippen molar-refractivity contribution in [2.24, 2.45) is 0 Å². The van der Waals surface area contributed by atoms with E-state index in [1.54, 1.807) is 16.7 Å². The molecule has 1 aromatic rings. The summed E-state index contributed by atoms with van der Waals surface area (Å²) in [6, 6.07) is 5.97. The van der Waals surface area contributed by atoms with E-state index in [0.717, 1.165) is 5.75 Å². The summed E-state index contributed by atoms with van der Waals surface area (Å²) in [5, 5.41) is 0. The predicted molar refractivity (Wildman–Crippen MR) is 94.8 cm³/mol. The van der Waals surface area contributed by atoms with E-state index >= 15 is 0 Å². The van der Waals surface area contributed by atoms with E-state index in [4.69, 9.17) is 0 Å². The molecule has 24 heavy (non-hydrogen) atoms. The van der Waals surface area contributed by atoms with Crippen molar-refractivity contribution in [3.05, 3.63) is 29.8 Å². The van der Waals surface area contributed by atoms with Crippen LogP contribution in [0.3, 0.4) is 0 Å². The monoisotopic (exact) mass is 370 g/mol. The lowest BCUT2D eigenvalue weighted by Crippen LogP contribution is -2.50. The van der Waals surface area contributed by atoms with Crippen molar-refractivity contribution < 1.29 is 18.0 Å². The van der Waals surface area contributed by atoms with Crippen molar-refractivity contribution >= 4 is 33.5 Å². The minimum absolute atomic E-state index is 0.0761. The van der Waals surface area contributed by atoms with Crippen molar-refractivity contribution in [3.8, 4) is 0 Å². The van der Waals surface area contributed by atoms with Crippen LogP contribution in [-0.4, -0.2) is 67.5 Å². The second-order valence-electron chi connectivity index (χ2n) is 5.61. The number of Topliss-reactive ketones (excluding diaryl/α,β-unsaturated/α-hetero) is 1. The van der Waals surface area contributed by atoms with E-state index in [1.165, 1.54) is 35.5 Å². The molecule has 132 valence electrons. The highest BCUT2D eigenvalue weighted by atomic mass is 32.2. The molecule has 8 heteroatoms. The zero-order chi connectivity index (χ0) is 17.7.